The molecular formula is C10H19N3. The van der Waals surface area contributed by atoms with Gasteiger partial charge in [-0.3, -0.25) is 4.68 Å². The number of hydrogen-bond donors (Lipinski definition) is 1. The van der Waals surface area contributed by atoms with Crippen molar-refractivity contribution >= 4 is 0 Å². The maximum Gasteiger partial charge on any atom is 0.0492 e. The van der Waals surface area contributed by atoms with Crippen molar-refractivity contribution in [3.05, 3.63) is 18.0 Å². The highest BCUT2D eigenvalue weighted by Gasteiger charge is 2.09. The molecule has 0 spiro atoms. The maximum absolute atomic E-state index is 5.62. The van der Waals surface area contributed by atoms with Crippen molar-refractivity contribution < 1.29 is 0 Å². The van der Waals surface area contributed by atoms with E-state index >= 15 is 0 Å². The molecule has 0 aromatic carbocycles. The van der Waals surface area contributed by atoms with Gasteiger partial charge in [0.15, 0.2) is 0 Å². The smallest absolute Gasteiger partial charge is 0.0492 e. The highest BCUT2D eigenvalue weighted by atomic mass is 15.3. The van der Waals surface area contributed by atoms with Crippen molar-refractivity contribution in [3.8, 4) is 0 Å². The second-order valence-electron chi connectivity index (χ2n) is 3.97. The van der Waals surface area contributed by atoms with Gasteiger partial charge >= 0.3 is 0 Å². The Morgan fingerprint density at radius 3 is 2.69 bits per heavy atom. The minimum atomic E-state index is 0.404. The molecule has 0 bridgehead atoms. The Hall–Kier alpha value is -0.830. The van der Waals surface area contributed by atoms with Crippen LogP contribution in [-0.4, -0.2) is 16.3 Å². The number of nitrogens with zero attached hydrogens (tertiary/aromatic N) is 2. The number of rotatable bonds is 4. The van der Waals surface area contributed by atoms with E-state index in [-0.39, 0.29) is 0 Å². The third-order valence-electron chi connectivity index (χ3n) is 2.15. The largest absolute Gasteiger partial charge is 0.330 e. The summed E-state index contributed by atoms with van der Waals surface area (Å²) in [5.74, 6) is 1.03. The van der Waals surface area contributed by atoms with Crippen LogP contribution in [0, 0.1) is 5.92 Å². The van der Waals surface area contributed by atoms with Crippen molar-refractivity contribution in [3.63, 3.8) is 0 Å². The molecule has 0 aliphatic rings. The summed E-state index contributed by atoms with van der Waals surface area (Å²) in [7, 11) is 0. The van der Waals surface area contributed by atoms with Crippen molar-refractivity contribution in [1.82, 2.24) is 9.78 Å². The van der Waals surface area contributed by atoms with E-state index < -0.39 is 0 Å². The quantitative estimate of drug-likeness (QED) is 0.766. The topological polar surface area (TPSA) is 43.8 Å². The first-order valence-corrected chi connectivity index (χ1v) is 4.87. The average molecular weight is 181 g/mol. The molecule has 2 N–H and O–H groups in total. The molecule has 74 valence electrons. The highest BCUT2D eigenvalue weighted by molar-refractivity contribution is 5.07. The van der Waals surface area contributed by atoms with Crippen LogP contribution >= 0.6 is 0 Å². The minimum Gasteiger partial charge on any atom is -0.330 e. The Labute approximate surface area is 79.9 Å². The molecule has 0 amide bonds. The van der Waals surface area contributed by atoms with Crippen molar-refractivity contribution in [2.24, 2.45) is 11.7 Å². The monoisotopic (exact) mass is 181 g/mol. The van der Waals surface area contributed by atoms with Crippen LogP contribution in [0.1, 0.15) is 32.4 Å². The molecule has 1 rings (SSSR count). The van der Waals surface area contributed by atoms with Gasteiger partial charge in [0.05, 0.1) is 0 Å². The first-order chi connectivity index (χ1) is 6.15. The molecule has 0 radical (unpaired) electrons. The molecule has 1 heterocycles. The van der Waals surface area contributed by atoms with Gasteiger partial charge in [0.25, 0.3) is 0 Å². The van der Waals surface area contributed by atoms with Gasteiger partial charge < -0.3 is 5.73 Å². The lowest BCUT2D eigenvalue weighted by Crippen LogP contribution is -2.16. The van der Waals surface area contributed by atoms with E-state index in [2.05, 4.69) is 36.6 Å². The van der Waals surface area contributed by atoms with Gasteiger partial charge in [-0.25, -0.2) is 0 Å². The molecule has 0 saturated heterocycles. The van der Waals surface area contributed by atoms with Gasteiger partial charge in [-0.05, 0) is 12.0 Å². The molecule has 1 unspecified atom stereocenters. The van der Waals surface area contributed by atoms with Crippen LogP contribution in [0.3, 0.4) is 0 Å². The lowest BCUT2D eigenvalue weighted by molar-refractivity contribution is 0.459. The Kier molecular flexibility index (Phi) is 3.48. The Balaban J connectivity index is 2.76. The van der Waals surface area contributed by atoms with E-state index in [4.69, 9.17) is 5.73 Å². The Morgan fingerprint density at radius 2 is 2.15 bits per heavy atom. The van der Waals surface area contributed by atoms with E-state index in [1.54, 1.807) is 0 Å². The molecule has 0 fully saturated rings. The summed E-state index contributed by atoms with van der Waals surface area (Å²) in [6, 6.07) is 2.06. The second kappa shape index (κ2) is 4.42. The van der Waals surface area contributed by atoms with Crippen LogP contribution in [0.25, 0.3) is 0 Å². The molecule has 0 aliphatic heterocycles. The van der Waals surface area contributed by atoms with Crippen molar-refractivity contribution in [2.75, 3.05) is 6.54 Å². The molecule has 0 aliphatic carbocycles. The fourth-order valence-corrected chi connectivity index (χ4v) is 1.38. The van der Waals surface area contributed by atoms with Crippen LogP contribution < -0.4 is 5.73 Å². The normalized spacial score (nSPS) is 13.6. The number of nitrogens with two attached hydrogens (primary N) is 1. The van der Waals surface area contributed by atoms with E-state index in [0.717, 1.165) is 6.54 Å². The first kappa shape index (κ1) is 10.3. The summed E-state index contributed by atoms with van der Waals surface area (Å²) in [6.45, 7) is 8.18. The van der Waals surface area contributed by atoms with Gasteiger partial charge in [-0.2, -0.15) is 5.10 Å². The fourth-order valence-electron chi connectivity index (χ4n) is 1.38. The molecule has 1 aromatic heterocycles. The zero-order chi connectivity index (χ0) is 9.84. The molecule has 3 nitrogen and oxygen atoms in total. The maximum atomic E-state index is 5.62. The predicted octanol–water partition coefficient (Wildman–Crippen LogP) is 1.60. The molecule has 13 heavy (non-hydrogen) atoms. The highest BCUT2D eigenvalue weighted by Crippen LogP contribution is 2.14. The van der Waals surface area contributed by atoms with Gasteiger partial charge in [-0.1, -0.05) is 20.8 Å². The second-order valence-corrected chi connectivity index (χ2v) is 3.97. The molecule has 3 heteroatoms. The zero-order valence-electron chi connectivity index (χ0n) is 8.70. The van der Waals surface area contributed by atoms with Crippen molar-refractivity contribution in [2.45, 2.75) is 33.2 Å². The Morgan fingerprint density at radius 1 is 1.46 bits per heavy atom. The van der Waals surface area contributed by atoms with Crippen LogP contribution in [0.15, 0.2) is 12.3 Å². The van der Waals surface area contributed by atoms with Gasteiger partial charge in [0.1, 0.15) is 0 Å². The third kappa shape index (κ3) is 2.56. The van der Waals surface area contributed by atoms with E-state index in [1.807, 2.05) is 6.20 Å². The van der Waals surface area contributed by atoms with Gasteiger partial charge in [-0.15, -0.1) is 0 Å². The Bertz CT molecular complexity index is 252. The molecular weight excluding hydrogens is 162 g/mol. The number of hydrogen-bond acceptors (Lipinski definition) is 2. The SMILES string of the molecule is CC(C)Cn1nccc1C(C)CN. The van der Waals surface area contributed by atoms with Gasteiger partial charge in [0.2, 0.25) is 0 Å². The lowest BCUT2D eigenvalue weighted by Gasteiger charge is -2.13. The zero-order valence-corrected chi connectivity index (χ0v) is 8.70. The summed E-state index contributed by atoms with van der Waals surface area (Å²) in [4.78, 5) is 0. The van der Waals surface area contributed by atoms with E-state index in [1.165, 1.54) is 5.69 Å². The van der Waals surface area contributed by atoms with Crippen LogP contribution in [0.2, 0.25) is 0 Å². The summed E-state index contributed by atoms with van der Waals surface area (Å²) in [5, 5.41) is 4.29. The van der Waals surface area contributed by atoms with Gasteiger partial charge in [0, 0.05) is 30.9 Å². The molecule has 1 aromatic rings. The predicted molar refractivity (Wildman–Crippen MR) is 54.5 cm³/mol. The molecule has 1 atom stereocenters. The van der Waals surface area contributed by atoms with Crippen LogP contribution in [0.5, 0.6) is 0 Å². The standard InChI is InChI=1S/C10H19N3/c1-8(2)7-13-10(4-5-12-13)9(3)6-11/h4-5,8-9H,6-7,11H2,1-3H3. The average Bonchev–Trinajstić information content (AvgIpc) is 2.50. The third-order valence-corrected chi connectivity index (χ3v) is 2.15. The van der Waals surface area contributed by atoms with E-state index in [9.17, 15) is 0 Å². The minimum absolute atomic E-state index is 0.404. The van der Waals surface area contributed by atoms with Crippen LogP contribution in [0.4, 0.5) is 0 Å². The molecule has 0 saturated carbocycles. The first-order valence-electron chi connectivity index (χ1n) is 4.87. The van der Waals surface area contributed by atoms with E-state index in [0.29, 0.717) is 18.4 Å². The summed E-state index contributed by atoms with van der Waals surface area (Å²) in [5.41, 5.74) is 6.87. The van der Waals surface area contributed by atoms with Crippen LogP contribution in [-0.2, 0) is 6.54 Å². The fraction of sp³-hybridized carbons (Fsp3) is 0.700. The number of aromatic nitrogens is 2. The summed E-state index contributed by atoms with van der Waals surface area (Å²) >= 11 is 0. The lowest BCUT2D eigenvalue weighted by atomic mass is 10.1. The summed E-state index contributed by atoms with van der Waals surface area (Å²) < 4.78 is 2.06. The van der Waals surface area contributed by atoms with Crippen molar-refractivity contribution in [1.29, 1.82) is 0 Å². The summed E-state index contributed by atoms with van der Waals surface area (Å²) in [6.07, 6.45) is 1.85.